The first-order valence-corrected chi connectivity index (χ1v) is 7.88. The van der Waals surface area contributed by atoms with Crippen LogP contribution in [0.4, 0.5) is 10.8 Å². The predicted molar refractivity (Wildman–Crippen MR) is 91.2 cm³/mol. The molecular formula is C16H11N7OS. The molecule has 122 valence electrons. The Hall–Kier alpha value is -3.74. The number of aryl methyl sites for hydroxylation is 1. The van der Waals surface area contributed by atoms with Crippen molar-refractivity contribution >= 4 is 28.1 Å². The van der Waals surface area contributed by atoms with E-state index < -0.39 is 5.91 Å². The topological polar surface area (TPSA) is 138 Å². The maximum Gasteiger partial charge on any atom is 0.259 e. The lowest BCUT2D eigenvalue weighted by atomic mass is 10.1. The zero-order chi connectivity index (χ0) is 18.2. The number of para-hydroxylation sites is 1. The van der Waals surface area contributed by atoms with Crippen molar-refractivity contribution in [1.29, 1.82) is 15.8 Å². The Morgan fingerprint density at radius 3 is 2.44 bits per heavy atom. The van der Waals surface area contributed by atoms with E-state index in [0.717, 1.165) is 5.01 Å². The average molecular weight is 349 g/mol. The molecule has 2 N–H and O–H groups in total. The summed E-state index contributed by atoms with van der Waals surface area (Å²) >= 11 is 1.27. The molecule has 25 heavy (non-hydrogen) atoms. The van der Waals surface area contributed by atoms with Crippen molar-refractivity contribution in [2.45, 2.75) is 13.3 Å². The lowest BCUT2D eigenvalue weighted by molar-refractivity contribution is 0.102. The Balaban J connectivity index is 2.30. The van der Waals surface area contributed by atoms with E-state index in [0.29, 0.717) is 17.2 Å². The van der Waals surface area contributed by atoms with E-state index in [1.807, 2.05) is 6.92 Å². The Labute approximate surface area is 147 Å². The van der Waals surface area contributed by atoms with Gasteiger partial charge in [-0.05, 0) is 18.6 Å². The molecule has 0 aliphatic rings. The molecular weight excluding hydrogens is 338 g/mol. The van der Waals surface area contributed by atoms with Gasteiger partial charge in [0.1, 0.15) is 28.9 Å². The molecule has 1 aromatic heterocycles. The van der Waals surface area contributed by atoms with Crippen LogP contribution < -0.4 is 10.6 Å². The summed E-state index contributed by atoms with van der Waals surface area (Å²) in [4.78, 5) is 12.5. The molecule has 2 rings (SSSR count). The van der Waals surface area contributed by atoms with E-state index in [9.17, 15) is 4.79 Å². The third-order valence-electron chi connectivity index (χ3n) is 3.01. The summed E-state index contributed by atoms with van der Waals surface area (Å²) in [6.45, 7) is 1.93. The average Bonchev–Trinajstić information content (AvgIpc) is 3.09. The summed E-state index contributed by atoms with van der Waals surface area (Å²) in [6, 6.07) is 11.5. The van der Waals surface area contributed by atoms with Crippen molar-refractivity contribution in [3.05, 3.63) is 46.1 Å². The van der Waals surface area contributed by atoms with Gasteiger partial charge in [-0.15, -0.1) is 10.2 Å². The molecule has 0 bridgehead atoms. The van der Waals surface area contributed by atoms with Crippen LogP contribution in [0.1, 0.15) is 22.3 Å². The number of nitrogens with one attached hydrogen (secondary N) is 2. The largest absolute Gasteiger partial charge is 0.344 e. The molecule has 9 heteroatoms. The quantitative estimate of drug-likeness (QED) is 0.791. The van der Waals surface area contributed by atoms with Gasteiger partial charge in [0.2, 0.25) is 5.13 Å². The fourth-order valence-electron chi connectivity index (χ4n) is 1.82. The number of carbonyl (C=O) groups excluding carboxylic acids is 1. The predicted octanol–water partition coefficient (Wildman–Crippen LogP) is 2.59. The highest BCUT2D eigenvalue weighted by Gasteiger charge is 2.15. The lowest BCUT2D eigenvalue weighted by Gasteiger charge is -2.10. The van der Waals surface area contributed by atoms with Gasteiger partial charge in [0.05, 0.1) is 11.3 Å². The van der Waals surface area contributed by atoms with E-state index in [1.165, 1.54) is 11.3 Å². The van der Waals surface area contributed by atoms with E-state index in [4.69, 9.17) is 15.8 Å². The maximum atomic E-state index is 12.5. The number of allylic oxidation sites excluding steroid dienone is 2. The molecule has 0 atom stereocenters. The molecule has 0 fully saturated rings. The normalized spacial score (nSPS) is 9.20. The van der Waals surface area contributed by atoms with Crippen molar-refractivity contribution in [2.75, 3.05) is 10.6 Å². The van der Waals surface area contributed by atoms with Gasteiger partial charge < -0.3 is 5.32 Å². The molecule has 0 aliphatic heterocycles. The van der Waals surface area contributed by atoms with Crippen LogP contribution >= 0.6 is 11.3 Å². The molecule has 0 radical (unpaired) electrons. The standard InChI is InChI=1S/C16H11N7OS/c1-2-14-22-23-16(25-14)21-15(24)11-5-3-4-6-12(11)20-13(9-19)10(7-17)8-18/h3-6,20H,2H2,1H3,(H,21,23,24). The van der Waals surface area contributed by atoms with Crippen LogP contribution in [0.5, 0.6) is 0 Å². The number of aromatic nitrogens is 2. The third-order valence-corrected chi connectivity index (χ3v) is 3.99. The Bertz CT molecular complexity index is 940. The van der Waals surface area contributed by atoms with E-state index >= 15 is 0 Å². The highest BCUT2D eigenvalue weighted by atomic mass is 32.1. The van der Waals surface area contributed by atoms with Crippen molar-refractivity contribution in [1.82, 2.24) is 10.2 Å². The molecule has 0 unspecified atom stereocenters. The molecule has 0 spiro atoms. The fourth-order valence-corrected chi connectivity index (χ4v) is 2.49. The third kappa shape index (κ3) is 4.17. The Kier molecular flexibility index (Phi) is 5.78. The lowest BCUT2D eigenvalue weighted by Crippen LogP contribution is -2.14. The number of hydrogen-bond donors (Lipinski definition) is 2. The summed E-state index contributed by atoms with van der Waals surface area (Å²) in [5, 5.41) is 41.2. The summed E-state index contributed by atoms with van der Waals surface area (Å²) in [5.41, 5.74) is -0.0673. The second kappa shape index (κ2) is 8.21. The van der Waals surface area contributed by atoms with E-state index in [-0.39, 0.29) is 16.8 Å². The minimum Gasteiger partial charge on any atom is -0.344 e. The summed E-state index contributed by atoms with van der Waals surface area (Å²) in [6.07, 6.45) is 0.715. The highest BCUT2D eigenvalue weighted by molar-refractivity contribution is 7.15. The minimum absolute atomic E-state index is 0.227. The van der Waals surface area contributed by atoms with Crippen LogP contribution in [-0.2, 0) is 6.42 Å². The van der Waals surface area contributed by atoms with E-state index in [1.54, 1.807) is 42.5 Å². The van der Waals surface area contributed by atoms with Crippen molar-refractivity contribution in [2.24, 2.45) is 0 Å². The Morgan fingerprint density at radius 2 is 1.84 bits per heavy atom. The van der Waals surface area contributed by atoms with Gasteiger partial charge in [-0.3, -0.25) is 10.1 Å². The van der Waals surface area contributed by atoms with Crippen LogP contribution in [0.2, 0.25) is 0 Å². The van der Waals surface area contributed by atoms with Gasteiger partial charge in [-0.2, -0.15) is 15.8 Å². The van der Waals surface area contributed by atoms with Gasteiger partial charge in [-0.25, -0.2) is 0 Å². The second-order valence-electron chi connectivity index (χ2n) is 4.56. The zero-order valence-corrected chi connectivity index (χ0v) is 13.9. The van der Waals surface area contributed by atoms with Gasteiger partial charge in [0, 0.05) is 0 Å². The van der Waals surface area contributed by atoms with Crippen LogP contribution in [0, 0.1) is 34.0 Å². The molecule has 0 saturated heterocycles. The van der Waals surface area contributed by atoms with Gasteiger partial charge >= 0.3 is 0 Å². The molecule has 1 aromatic carbocycles. The van der Waals surface area contributed by atoms with Crippen molar-refractivity contribution in [3.63, 3.8) is 0 Å². The first-order valence-electron chi connectivity index (χ1n) is 7.07. The molecule has 0 aliphatic carbocycles. The van der Waals surface area contributed by atoms with Crippen LogP contribution in [-0.4, -0.2) is 16.1 Å². The number of amides is 1. The maximum absolute atomic E-state index is 12.5. The van der Waals surface area contributed by atoms with Crippen molar-refractivity contribution in [3.8, 4) is 18.2 Å². The SMILES string of the molecule is CCc1nnc(NC(=O)c2ccccc2NC(C#N)=C(C#N)C#N)s1. The second-order valence-corrected chi connectivity index (χ2v) is 5.63. The minimum atomic E-state index is -0.449. The zero-order valence-electron chi connectivity index (χ0n) is 13.1. The summed E-state index contributed by atoms with van der Waals surface area (Å²) < 4.78 is 0. The highest BCUT2D eigenvalue weighted by Crippen LogP contribution is 2.21. The van der Waals surface area contributed by atoms with E-state index in [2.05, 4.69) is 20.8 Å². The molecule has 0 saturated carbocycles. The number of benzene rings is 1. The molecule has 1 heterocycles. The number of nitriles is 3. The number of anilines is 2. The Morgan fingerprint density at radius 1 is 1.12 bits per heavy atom. The van der Waals surface area contributed by atoms with Gasteiger partial charge in [0.15, 0.2) is 5.57 Å². The van der Waals surface area contributed by atoms with Gasteiger partial charge in [-0.1, -0.05) is 30.4 Å². The van der Waals surface area contributed by atoms with Gasteiger partial charge in [0.25, 0.3) is 5.91 Å². The number of nitrogens with zero attached hydrogens (tertiary/aromatic N) is 5. The summed E-state index contributed by atoms with van der Waals surface area (Å²) in [5.74, 6) is -0.449. The monoisotopic (exact) mass is 349 g/mol. The fraction of sp³-hybridized carbons (Fsp3) is 0.125. The molecule has 2 aromatic rings. The number of rotatable bonds is 5. The first-order chi connectivity index (χ1) is 12.1. The smallest absolute Gasteiger partial charge is 0.259 e. The van der Waals surface area contributed by atoms with Crippen LogP contribution in [0.3, 0.4) is 0 Å². The van der Waals surface area contributed by atoms with Crippen LogP contribution in [0.15, 0.2) is 35.5 Å². The summed E-state index contributed by atoms with van der Waals surface area (Å²) in [7, 11) is 0. The van der Waals surface area contributed by atoms with Crippen LogP contribution in [0.25, 0.3) is 0 Å². The number of hydrogen-bond acceptors (Lipinski definition) is 8. The molecule has 8 nitrogen and oxygen atoms in total. The molecule has 1 amide bonds. The van der Waals surface area contributed by atoms with Crippen molar-refractivity contribution < 1.29 is 4.79 Å². The number of carbonyl (C=O) groups is 1. The first kappa shape index (κ1) is 17.6.